The van der Waals surface area contributed by atoms with Crippen molar-refractivity contribution in [3.8, 4) is 0 Å². The zero-order chi connectivity index (χ0) is 18.0. The summed E-state index contributed by atoms with van der Waals surface area (Å²) in [6.07, 6.45) is -0.129. The van der Waals surface area contributed by atoms with E-state index in [4.69, 9.17) is 0 Å². The number of fused-ring (bicyclic) bond motifs is 1. The van der Waals surface area contributed by atoms with Crippen LogP contribution in [0.25, 0.3) is 0 Å². The highest BCUT2D eigenvalue weighted by molar-refractivity contribution is 5.89. The van der Waals surface area contributed by atoms with E-state index >= 15 is 0 Å². The summed E-state index contributed by atoms with van der Waals surface area (Å²) in [5, 5.41) is 4.96. The highest BCUT2D eigenvalue weighted by atomic mass is 19.4. The lowest BCUT2D eigenvalue weighted by Gasteiger charge is -2.23. The molecule has 6 nitrogen and oxygen atoms in total. The van der Waals surface area contributed by atoms with E-state index in [0.717, 1.165) is 12.4 Å². The molecule has 0 radical (unpaired) electrons. The number of nitrogens with one attached hydrogen (secondary N) is 2. The molecule has 0 saturated heterocycles. The van der Waals surface area contributed by atoms with Crippen LogP contribution in [0.5, 0.6) is 0 Å². The van der Waals surface area contributed by atoms with Crippen LogP contribution < -0.4 is 10.6 Å². The zero-order valence-electron chi connectivity index (χ0n) is 13.0. The van der Waals surface area contributed by atoms with Crippen LogP contribution in [-0.4, -0.2) is 27.1 Å². The molecular weight excluding hydrogens is 342 g/mol. The normalized spacial score (nSPS) is 17.0. The van der Waals surface area contributed by atoms with E-state index in [0.29, 0.717) is 25.2 Å². The highest BCUT2D eigenvalue weighted by Crippen LogP contribution is 2.30. The fourth-order valence-corrected chi connectivity index (χ4v) is 2.70. The van der Waals surface area contributed by atoms with Gasteiger partial charge in [-0.25, -0.2) is 14.2 Å². The molecule has 0 bridgehead atoms. The number of anilines is 1. The molecule has 0 saturated carbocycles. The molecule has 0 unspecified atom stereocenters. The Balaban J connectivity index is 1.54. The lowest BCUT2D eigenvalue weighted by Crippen LogP contribution is -2.36. The number of urea groups is 1. The van der Waals surface area contributed by atoms with Gasteiger partial charge in [-0.15, -0.1) is 0 Å². The number of amides is 2. The van der Waals surface area contributed by atoms with Gasteiger partial charge in [0.2, 0.25) is 0 Å². The van der Waals surface area contributed by atoms with Crippen molar-refractivity contribution in [2.24, 2.45) is 5.92 Å². The van der Waals surface area contributed by atoms with Gasteiger partial charge in [-0.1, -0.05) is 0 Å². The molecule has 0 aliphatic carbocycles. The Morgan fingerprint density at radius 3 is 2.92 bits per heavy atom. The van der Waals surface area contributed by atoms with Gasteiger partial charge in [0.25, 0.3) is 0 Å². The van der Waals surface area contributed by atoms with Gasteiger partial charge >= 0.3 is 12.2 Å². The van der Waals surface area contributed by atoms with Crippen molar-refractivity contribution in [2.45, 2.75) is 25.6 Å². The van der Waals surface area contributed by atoms with E-state index in [9.17, 15) is 22.4 Å². The van der Waals surface area contributed by atoms with Crippen molar-refractivity contribution in [2.75, 3.05) is 11.9 Å². The van der Waals surface area contributed by atoms with Crippen LogP contribution in [0, 0.1) is 11.7 Å². The number of rotatable bonds is 3. The summed E-state index contributed by atoms with van der Waals surface area (Å²) < 4.78 is 52.9. The van der Waals surface area contributed by atoms with Crippen molar-refractivity contribution in [3.05, 3.63) is 42.0 Å². The number of pyridine rings is 1. The molecule has 3 rings (SSSR count). The van der Waals surface area contributed by atoms with Gasteiger partial charge in [0.05, 0.1) is 11.9 Å². The first-order valence-electron chi connectivity index (χ1n) is 7.60. The maximum Gasteiger partial charge on any atom is 0.434 e. The van der Waals surface area contributed by atoms with E-state index in [-0.39, 0.29) is 18.2 Å². The average molecular weight is 357 g/mol. The lowest BCUT2D eigenvalue weighted by atomic mass is 9.99. The van der Waals surface area contributed by atoms with Crippen LogP contribution in [0.15, 0.2) is 24.7 Å². The largest absolute Gasteiger partial charge is 0.434 e. The fourth-order valence-electron chi connectivity index (χ4n) is 2.70. The quantitative estimate of drug-likeness (QED) is 0.830. The molecule has 2 amide bonds. The third kappa shape index (κ3) is 4.06. The third-order valence-corrected chi connectivity index (χ3v) is 3.95. The van der Waals surface area contributed by atoms with Gasteiger partial charge < -0.3 is 15.2 Å². The van der Waals surface area contributed by atoms with Gasteiger partial charge in [-0.3, -0.25) is 4.98 Å². The molecule has 1 aliphatic rings. The summed E-state index contributed by atoms with van der Waals surface area (Å²) in [6, 6.07) is 0.740. The van der Waals surface area contributed by atoms with Gasteiger partial charge in [0, 0.05) is 31.9 Å². The first-order valence-corrected chi connectivity index (χ1v) is 7.60. The molecule has 1 atom stereocenters. The number of carbonyl (C=O) groups is 1. The predicted octanol–water partition coefficient (Wildman–Crippen LogP) is 2.82. The molecule has 2 aromatic heterocycles. The minimum absolute atomic E-state index is 0.00265. The number of aromatic nitrogens is 3. The fraction of sp³-hybridized carbons (Fsp3) is 0.400. The summed E-state index contributed by atoms with van der Waals surface area (Å²) in [4.78, 5) is 19.0. The van der Waals surface area contributed by atoms with Gasteiger partial charge in [0.1, 0.15) is 5.82 Å². The summed E-state index contributed by atoms with van der Waals surface area (Å²) in [7, 11) is 0. The molecule has 1 aliphatic heterocycles. The average Bonchev–Trinajstić information content (AvgIpc) is 2.99. The Morgan fingerprint density at radius 2 is 2.20 bits per heavy atom. The van der Waals surface area contributed by atoms with Crippen molar-refractivity contribution in [3.63, 3.8) is 0 Å². The first kappa shape index (κ1) is 17.2. The van der Waals surface area contributed by atoms with Gasteiger partial charge in [-0.2, -0.15) is 13.2 Å². The van der Waals surface area contributed by atoms with E-state index in [1.54, 1.807) is 0 Å². The number of halogens is 4. The van der Waals surface area contributed by atoms with Crippen LogP contribution in [0.4, 0.5) is 28.0 Å². The molecule has 0 spiro atoms. The maximum absolute atomic E-state index is 13.4. The Bertz CT molecular complexity index is 774. The van der Waals surface area contributed by atoms with Crippen LogP contribution in [0.2, 0.25) is 0 Å². The molecule has 2 aromatic rings. The van der Waals surface area contributed by atoms with Crippen LogP contribution >= 0.6 is 0 Å². The minimum Gasteiger partial charge on any atom is -0.338 e. The molecule has 3 heterocycles. The molecule has 0 aromatic carbocycles. The maximum atomic E-state index is 13.4. The Kier molecular flexibility index (Phi) is 4.60. The summed E-state index contributed by atoms with van der Waals surface area (Å²) in [5.41, 5.74) is -0.898. The smallest absolute Gasteiger partial charge is 0.338 e. The van der Waals surface area contributed by atoms with Crippen molar-refractivity contribution in [1.29, 1.82) is 0 Å². The van der Waals surface area contributed by atoms with Crippen LogP contribution in [0.1, 0.15) is 17.9 Å². The topological polar surface area (TPSA) is 71.8 Å². The number of alkyl halides is 3. The Morgan fingerprint density at radius 1 is 1.40 bits per heavy atom. The second-order valence-electron chi connectivity index (χ2n) is 5.79. The molecule has 0 fully saturated rings. The zero-order valence-corrected chi connectivity index (χ0v) is 13.0. The third-order valence-electron chi connectivity index (χ3n) is 3.95. The standard InChI is InChI=1S/C15H15F4N5O/c16-10-6-20-4-3-11(10)22-14(25)21-5-9-1-2-13-23-12(15(17,18)19)8-24(13)7-9/h3-4,6,8-9H,1-2,5,7H2,(H2,20,21,22,25)/t9-/m1/s1. The van der Waals surface area contributed by atoms with E-state index in [2.05, 4.69) is 20.6 Å². The molecular formula is C15H15F4N5O. The summed E-state index contributed by atoms with van der Waals surface area (Å²) in [6.45, 7) is 0.597. The predicted molar refractivity (Wildman–Crippen MR) is 80.3 cm³/mol. The van der Waals surface area contributed by atoms with Gasteiger partial charge in [-0.05, 0) is 18.4 Å². The number of hydrogen-bond acceptors (Lipinski definition) is 3. The monoisotopic (exact) mass is 357 g/mol. The van der Waals surface area contributed by atoms with Crippen molar-refractivity contribution < 1.29 is 22.4 Å². The SMILES string of the molecule is O=C(NC[C@H]1CCc2nc(C(F)(F)F)cn2C1)Nc1ccncc1F. The minimum atomic E-state index is -4.47. The molecule has 2 N–H and O–H groups in total. The van der Waals surface area contributed by atoms with Crippen LogP contribution in [0.3, 0.4) is 0 Å². The molecule has 10 heteroatoms. The molecule has 134 valence electrons. The first-order chi connectivity index (χ1) is 11.8. The van der Waals surface area contributed by atoms with Crippen molar-refractivity contribution in [1.82, 2.24) is 19.9 Å². The second kappa shape index (κ2) is 6.69. The van der Waals surface area contributed by atoms with Crippen molar-refractivity contribution >= 4 is 11.7 Å². The Hall–Kier alpha value is -2.65. The number of imidazole rings is 1. The van der Waals surface area contributed by atoms with Gasteiger partial charge in [0.15, 0.2) is 11.5 Å². The second-order valence-corrected chi connectivity index (χ2v) is 5.79. The number of aryl methyl sites for hydroxylation is 1. The highest BCUT2D eigenvalue weighted by Gasteiger charge is 2.35. The van der Waals surface area contributed by atoms with E-state index in [1.807, 2.05) is 0 Å². The van der Waals surface area contributed by atoms with E-state index < -0.39 is 23.7 Å². The lowest BCUT2D eigenvalue weighted by molar-refractivity contribution is -0.141. The Labute approximate surface area is 140 Å². The number of hydrogen-bond donors (Lipinski definition) is 2. The summed E-state index contributed by atoms with van der Waals surface area (Å²) >= 11 is 0. The van der Waals surface area contributed by atoms with E-state index in [1.165, 1.54) is 16.8 Å². The summed E-state index contributed by atoms with van der Waals surface area (Å²) in [5.74, 6) is -0.291. The number of nitrogens with zero attached hydrogens (tertiary/aromatic N) is 3. The molecule has 25 heavy (non-hydrogen) atoms. The number of carbonyl (C=O) groups excluding carboxylic acids is 1. The van der Waals surface area contributed by atoms with Crippen LogP contribution in [-0.2, 0) is 19.1 Å².